The van der Waals surface area contributed by atoms with E-state index in [0.717, 1.165) is 0 Å². The summed E-state index contributed by atoms with van der Waals surface area (Å²) in [6, 6.07) is 12.0. The Balaban J connectivity index is 2.14. The van der Waals surface area contributed by atoms with Crippen molar-refractivity contribution in [2.45, 2.75) is 19.9 Å². The van der Waals surface area contributed by atoms with E-state index >= 15 is 0 Å². The van der Waals surface area contributed by atoms with Gasteiger partial charge in [-0.3, -0.25) is 15.0 Å². The fraction of sp³-hybridized carbons (Fsp3) is 0.211. The number of benzene rings is 2. The quantitative estimate of drug-likeness (QED) is 0.556. The Morgan fingerprint density at radius 2 is 2.04 bits per heavy atom. The van der Waals surface area contributed by atoms with E-state index in [0.29, 0.717) is 23.6 Å². The molecule has 8 nitrogen and oxygen atoms in total. The zero-order valence-corrected chi connectivity index (χ0v) is 14.9. The van der Waals surface area contributed by atoms with Crippen LogP contribution in [0.2, 0.25) is 0 Å². The molecule has 1 unspecified atom stereocenters. The van der Waals surface area contributed by atoms with Gasteiger partial charge in [0.1, 0.15) is 17.5 Å². The van der Waals surface area contributed by atoms with E-state index in [1.807, 2.05) is 6.07 Å². The first-order chi connectivity index (χ1) is 12.9. The van der Waals surface area contributed by atoms with Gasteiger partial charge >= 0.3 is 0 Å². The summed E-state index contributed by atoms with van der Waals surface area (Å²) in [5, 5.41) is 21.5. The third-order valence-electron chi connectivity index (χ3n) is 3.51. The number of nitrogens with one attached hydrogen (secondary N) is 3. The van der Waals surface area contributed by atoms with Crippen LogP contribution in [0, 0.1) is 11.3 Å². The molecule has 0 fully saturated rings. The predicted molar refractivity (Wildman–Crippen MR) is 99.0 cm³/mol. The van der Waals surface area contributed by atoms with Crippen molar-refractivity contribution in [1.82, 2.24) is 10.9 Å². The van der Waals surface area contributed by atoms with E-state index in [9.17, 15) is 20.0 Å². The van der Waals surface area contributed by atoms with Gasteiger partial charge in [0.25, 0.3) is 5.91 Å². The lowest BCUT2D eigenvalue weighted by Crippen LogP contribution is -2.39. The van der Waals surface area contributed by atoms with Crippen molar-refractivity contribution >= 4 is 17.5 Å². The van der Waals surface area contributed by atoms with E-state index in [1.54, 1.807) is 31.2 Å². The van der Waals surface area contributed by atoms with Crippen molar-refractivity contribution in [3.8, 4) is 17.6 Å². The Labute approximate surface area is 156 Å². The number of aromatic hydroxyl groups is 1. The molecule has 0 saturated heterocycles. The minimum Gasteiger partial charge on any atom is -0.508 e. The molecule has 0 heterocycles. The second-order valence-corrected chi connectivity index (χ2v) is 5.58. The Morgan fingerprint density at radius 3 is 2.67 bits per heavy atom. The molecule has 0 bridgehead atoms. The number of hydrogen-bond acceptors (Lipinski definition) is 6. The second-order valence-electron chi connectivity index (χ2n) is 5.58. The van der Waals surface area contributed by atoms with Crippen LogP contribution in [0.3, 0.4) is 0 Å². The molecule has 1 atom stereocenters. The molecule has 0 aliphatic carbocycles. The Hall–Kier alpha value is -3.57. The highest BCUT2D eigenvalue weighted by Gasteiger charge is 2.16. The lowest BCUT2D eigenvalue weighted by Gasteiger charge is -2.15. The number of rotatable bonds is 7. The van der Waals surface area contributed by atoms with Gasteiger partial charge in [0, 0.05) is 18.7 Å². The van der Waals surface area contributed by atoms with Gasteiger partial charge in [-0.15, -0.1) is 0 Å². The molecular weight excluding hydrogens is 348 g/mol. The molecule has 0 saturated carbocycles. The van der Waals surface area contributed by atoms with Gasteiger partial charge < -0.3 is 15.2 Å². The lowest BCUT2D eigenvalue weighted by atomic mass is 10.1. The zero-order chi connectivity index (χ0) is 19.8. The van der Waals surface area contributed by atoms with E-state index < -0.39 is 11.9 Å². The summed E-state index contributed by atoms with van der Waals surface area (Å²) in [6.45, 7) is 3.49. The molecule has 0 radical (unpaired) electrons. The number of nitrogens with zero attached hydrogens (tertiary/aromatic N) is 1. The van der Waals surface area contributed by atoms with Crippen LogP contribution in [-0.2, 0) is 4.79 Å². The molecule has 27 heavy (non-hydrogen) atoms. The first-order valence-corrected chi connectivity index (χ1v) is 8.23. The van der Waals surface area contributed by atoms with Crippen LogP contribution in [0.1, 0.15) is 35.8 Å². The van der Waals surface area contributed by atoms with Crippen molar-refractivity contribution in [2.24, 2.45) is 0 Å². The minimum absolute atomic E-state index is 0.0214. The summed E-state index contributed by atoms with van der Waals surface area (Å²) in [5.74, 6) is -0.422. The highest BCUT2D eigenvalue weighted by Crippen LogP contribution is 2.24. The number of nitriles is 1. The number of carbonyl (C=O) groups is 2. The van der Waals surface area contributed by atoms with Crippen molar-refractivity contribution < 1.29 is 19.4 Å². The summed E-state index contributed by atoms with van der Waals surface area (Å²) < 4.78 is 5.48. The normalized spacial score (nSPS) is 11.1. The van der Waals surface area contributed by atoms with Crippen molar-refractivity contribution in [1.29, 1.82) is 5.26 Å². The number of hydrogen-bond donors (Lipinski definition) is 4. The predicted octanol–water partition coefficient (Wildman–Crippen LogP) is 2.25. The van der Waals surface area contributed by atoms with Gasteiger partial charge in [-0.1, -0.05) is 12.1 Å². The first-order valence-electron chi connectivity index (χ1n) is 8.23. The third-order valence-corrected chi connectivity index (χ3v) is 3.51. The van der Waals surface area contributed by atoms with Gasteiger partial charge in [-0.25, -0.2) is 5.43 Å². The van der Waals surface area contributed by atoms with Crippen LogP contribution in [0.15, 0.2) is 42.5 Å². The van der Waals surface area contributed by atoms with Gasteiger partial charge in [-0.2, -0.15) is 5.26 Å². The van der Waals surface area contributed by atoms with Crippen LogP contribution in [-0.4, -0.2) is 23.5 Å². The standard InChI is InChI=1S/C19H20N4O4/c1-3-27-18-10-14(21-12(2)24)7-8-16(18)19(26)23-22-17(11-20)13-5-4-6-15(25)9-13/h4-10,17,22,25H,3H2,1-2H3,(H,21,24)(H,23,26). The van der Waals surface area contributed by atoms with Crippen molar-refractivity contribution in [2.75, 3.05) is 11.9 Å². The van der Waals surface area contributed by atoms with Crippen molar-refractivity contribution in [3.05, 3.63) is 53.6 Å². The number of amides is 2. The third kappa shape index (κ3) is 5.45. The van der Waals surface area contributed by atoms with Gasteiger partial charge in [-0.05, 0) is 36.8 Å². The molecule has 140 valence electrons. The second kappa shape index (κ2) is 9.22. The Morgan fingerprint density at radius 1 is 1.26 bits per heavy atom. The van der Waals surface area contributed by atoms with Crippen LogP contribution >= 0.6 is 0 Å². The summed E-state index contributed by atoms with van der Waals surface area (Å²) >= 11 is 0. The maximum Gasteiger partial charge on any atom is 0.269 e. The number of hydrazine groups is 1. The van der Waals surface area contributed by atoms with Gasteiger partial charge in [0.2, 0.25) is 5.91 Å². The number of phenols is 1. The fourth-order valence-electron chi connectivity index (χ4n) is 2.37. The number of ether oxygens (including phenoxy) is 1. The van der Waals surface area contributed by atoms with Crippen molar-refractivity contribution in [3.63, 3.8) is 0 Å². The largest absolute Gasteiger partial charge is 0.508 e. The Bertz CT molecular complexity index is 876. The van der Waals surface area contributed by atoms with E-state index in [2.05, 4.69) is 16.2 Å². The topological polar surface area (TPSA) is 123 Å². The average molecular weight is 368 g/mol. The van der Waals surface area contributed by atoms with Gasteiger partial charge in [0.15, 0.2) is 0 Å². The van der Waals surface area contributed by atoms with Crippen LogP contribution < -0.4 is 20.9 Å². The van der Waals surface area contributed by atoms with E-state index in [1.165, 1.54) is 25.1 Å². The molecule has 0 aliphatic heterocycles. The number of carbonyl (C=O) groups excluding carboxylic acids is 2. The minimum atomic E-state index is -0.852. The molecular formula is C19H20N4O4. The monoisotopic (exact) mass is 368 g/mol. The molecule has 0 aromatic heterocycles. The summed E-state index contributed by atoms with van der Waals surface area (Å²) in [6.07, 6.45) is 0. The maximum absolute atomic E-state index is 12.5. The van der Waals surface area contributed by atoms with Crippen LogP contribution in [0.4, 0.5) is 5.69 Å². The fourth-order valence-corrected chi connectivity index (χ4v) is 2.37. The number of anilines is 1. The summed E-state index contributed by atoms with van der Waals surface area (Å²) in [4.78, 5) is 23.7. The van der Waals surface area contributed by atoms with Crippen LogP contribution in [0.25, 0.3) is 0 Å². The molecule has 2 aromatic carbocycles. The maximum atomic E-state index is 12.5. The van der Waals surface area contributed by atoms with E-state index in [-0.39, 0.29) is 17.2 Å². The number of phenolic OH excluding ortho intramolecular Hbond substituents is 1. The molecule has 0 aliphatic rings. The lowest BCUT2D eigenvalue weighted by molar-refractivity contribution is -0.114. The molecule has 8 heteroatoms. The molecule has 0 spiro atoms. The average Bonchev–Trinajstić information content (AvgIpc) is 2.62. The van der Waals surface area contributed by atoms with Crippen LogP contribution in [0.5, 0.6) is 11.5 Å². The molecule has 4 N–H and O–H groups in total. The highest BCUT2D eigenvalue weighted by atomic mass is 16.5. The SMILES string of the molecule is CCOc1cc(NC(C)=O)ccc1C(=O)NNC(C#N)c1cccc(O)c1. The van der Waals surface area contributed by atoms with Gasteiger partial charge in [0.05, 0.1) is 18.2 Å². The Kier molecular flexibility index (Phi) is 6.74. The zero-order valence-electron chi connectivity index (χ0n) is 14.9. The first kappa shape index (κ1) is 19.8. The summed E-state index contributed by atoms with van der Waals surface area (Å²) in [5.41, 5.74) is 6.35. The molecule has 2 rings (SSSR count). The van der Waals surface area contributed by atoms with E-state index in [4.69, 9.17) is 4.74 Å². The summed E-state index contributed by atoms with van der Waals surface area (Å²) in [7, 11) is 0. The molecule has 2 aromatic rings. The highest BCUT2D eigenvalue weighted by molar-refractivity contribution is 5.98. The molecule has 2 amide bonds. The smallest absolute Gasteiger partial charge is 0.269 e.